The summed E-state index contributed by atoms with van der Waals surface area (Å²) in [5, 5.41) is 3.31. The van der Waals surface area contributed by atoms with E-state index in [0.29, 0.717) is 22.2 Å². The second-order valence-electron chi connectivity index (χ2n) is 4.99. The third-order valence-corrected chi connectivity index (χ3v) is 3.40. The molecular formula is C17H13N3O3. The van der Waals surface area contributed by atoms with Crippen molar-refractivity contribution in [2.75, 3.05) is 5.32 Å². The molecule has 3 aromatic rings. The molecule has 0 saturated carbocycles. The number of fused-ring (bicyclic) bond motifs is 1. The highest BCUT2D eigenvalue weighted by atomic mass is 16.2. The lowest BCUT2D eigenvalue weighted by molar-refractivity contribution is 0.0996. The van der Waals surface area contributed by atoms with Crippen LogP contribution in [0.25, 0.3) is 10.9 Å². The van der Waals surface area contributed by atoms with E-state index in [2.05, 4.69) is 10.3 Å². The van der Waals surface area contributed by atoms with Gasteiger partial charge in [-0.2, -0.15) is 0 Å². The average Bonchev–Trinajstić information content (AvgIpc) is 2.54. The average molecular weight is 307 g/mol. The van der Waals surface area contributed by atoms with E-state index in [1.54, 1.807) is 42.5 Å². The summed E-state index contributed by atoms with van der Waals surface area (Å²) in [5.41, 5.74) is 6.42. The van der Waals surface area contributed by atoms with Gasteiger partial charge in [-0.1, -0.05) is 24.3 Å². The molecule has 0 fully saturated rings. The minimum absolute atomic E-state index is 0.258. The van der Waals surface area contributed by atoms with Gasteiger partial charge in [-0.05, 0) is 24.3 Å². The minimum Gasteiger partial charge on any atom is -0.366 e. The maximum atomic E-state index is 12.5. The van der Waals surface area contributed by atoms with Gasteiger partial charge in [-0.15, -0.1) is 0 Å². The molecule has 1 heterocycles. The van der Waals surface area contributed by atoms with Crippen LogP contribution in [0.5, 0.6) is 0 Å². The summed E-state index contributed by atoms with van der Waals surface area (Å²) in [7, 11) is 0. The Kier molecular flexibility index (Phi) is 3.64. The normalized spacial score (nSPS) is 10.4. The smallest absolute Gasteiger partial charge is 0.256 e. The van der Waals surface area contributed by atoms with Crippen LogP contribution in [-0.4, -0.2) is 16.8 Å². The Morgan fingerprint density at radius 2 is 1.78 bits per heavy atom. The maximum absolute atomic E-state index is 12.5. The van der Waals surface area contributed by atoms with Crippen LogP contribution in [-0.2, 0) is 0 Å². The van der Waals surface area contributed by atoms with E-state index in [9.17, 15) is 14.4 Å². The Labute approximate surface area is 130 Å². The first-order valence-corrected chi connectivity index (χ1v) is 6.88. The predicted molar refractivity (Wildman–Crippen MR) is 87.5 cm³/mol. The van der Waals surface area contributed by atoms with Crippen molar-refractivity contribution in [1.29, 1.82) is 0 Å². The number of carbonyl (C=O) groups is 2. The molecule has 6 nitrogen and oxygen atoms in total. The molecular weight excluding hydrogens is 294 g/mol. The number of H-pyrrole nitrogens is 1. The van der Waals surface area contributed by atoms with Crippen molar-refractivity contribution in [3.05, 3.63) is 76.1 Å². The van der Waals surface area contributed by atoms with E-state index in [0.717, 1.165) is 0 Å². The fourth-order valence-electron chi connectivity index (χ4n) is 2.34. The number of benzene rings is 2. The number of rotatable bonds is 3. The summed E-state index contributed by atoms with van der Waals surface area (Å²) in [6.07, 6.45) is 0. The highest BCUT2D eigenvalue weighted by molar-refractivity contribution is 6.12. The highest BCUT2D eigenvalue weighted by Crippen LogP contribution is 2.17. The quantitative estimate of drug-likeness (QED) is 0.688. The van der Waals surface area contributed by atoms with Gasteiger partial charge < -0.3 is 16.0 Å². The maximum Gasteiger partial charge on any atom is 0.256 e. The molecule has 0 aliphatic carbocycles. The molecule has 2 amide bonds. The van der Waals surface area contributed by atoms with Gasteiger partial charge in [0.1, 0.15) is 0 Å². The lowest BCUT2D eigenvalue weighted by Gasteiger charge is -2.08. The molecule has 23 heavy (non-hydrogen) atoms. The zero-order valence-electron chi connectivity index (χ0n) is 12.0. The molecule has 6 heteroatoms. The van der Waals surface area contributed by atoms with Crippen molar-refractivity contribution in [2.24, 2.45) is 5.73 Å². The lowest BCUT2D eigenvalue weighted by Crippen LogP contribution is -2.17. The summed E-state index contributed by atoms with van der Waals surface area (Å²) in [6, 6.07) is 14.6. The van der Waals surface area contributed by atoms with Crippen molar-refractivity contribution in [2.45, 2.75) is 0 Å². The van der Waals surface area contributed by atoms with Crippen molar-refractivity contribution in [3.63, 3.8) is 0 Å². The predicted octanol–water partition coefficient (Wildman–Crippen LogP) is 1.88. The molecule has 0 aliphatic heterocycles. The molecule has 114 valence electrons. The van der Waals surface area contributed by atoms with Gasteiger partial charge in [-0.25, -0.2) is 0 Å². The minimum atomic E-state index is -0.581. The first-order chi connectivity index (χ1) is 11.0. The topological polar surface area (TPSA) is 105 Å². The van der Waals surface area contributed by atoms with E-state index in [1.807, 2.05) is 0 Å². The number of carbonyl (C=O) groups excluding carboxylic acids is 2. The van der Waals surface area contributed by atoms with Crippen LogP contribution in [0, 0.1) is 0 Å². The van der Waals surface area contributed by atoms with Gasteiger partial charge in [0.2, 0.25) is 11.5 Å². The van der Waals surface area contributed by atoms with E-state index in [4.69, 9.17) is 5.73 Å². The Morgan fingerprint density at radius 1 is 1.00 bits per heavy atom. The Balaban J connectivity index is 2.00. The number of pyridine rings is 1. The van der Waals surface area contributed by atoms with E-state index < -0.39 is 11.8 Å². The number of nitrogens with one attached hydrogen (secondary N) is 2. The number of para-hydroxylation sites is 1. The van der Waals surface area contributed by atoms with Crippen LogP contribution in [0.15, 0.2) is 59.4 Å². The zero-order chi connectivity index (χ0) is 16.4. The van der Waals surface area contributed by atoms with Gasteiger partial charge in [-0.3, -0.25) is 14.4 Å². The molecule has 0 spiro atoms. The molecule has 0 bridgehead atoms. The second-order valence-corrected chi connectivity index (χ2v) is 4.99. The first-order valence-electron chi connectivity index (χ1n) is 6.88. The summed E-state index contributed by atoms with van der Waals surface area (Å²) < 4.78 is 0. The molecule has 0 unspecified atom stereocenters. The van der Waals surface area contributed by atoms with Gasteiger partial charge >= 0.3 is 0 Å². The molecule has 2 aromatic carbocycles. The number of primary amides is 1. The first kappa shape index (κ1) is 14.5. The third-order valence-electron chi connectivity index (χ3n) is 3.40. The lowest BCUT2D eigenvalue weighted by atomic mass is 10.1. The van der Waals surface area contributed by atoms with Crippen LogP contribution in [0.4, 0.5) is 5.69 Å². The summed E-state index contributed by atoms with van der Waals surface area (Å²) >= 11 is 0. The van der Waals surface area contributed by atoms with Crippen LogP contribution < -0.4 is 16.6 Å². The van der Waals surface area contributed by atoms with Crippen molar-refractivity contribution in [3.8, 4) is 0 Å². The number of amides is 2. The third kappa shape index (κ3) is 2.96. The summed E-state index contributed by atoms with van der Waals surface area (Å²) in [5.74, 6) is -1.02. The Bertz CT molecular complexity index is 976. The van der Waals surface area contributed by atoms with Gasteiger partial charge in [0.05, 0.1) is 5.56 Å². The highest BCUT2D eigenvalue weighted by Gasteiger charge is 2.12. The van der Waals surface area contributed by atoms with Crippen molar-refractivity contribution < 1.29 is 9.59 Å². The van der Waals surface area contributed by atoms with Crippen LogP contribution in [0.1, 0.15) is 20.7 Å². The summed E-state index contributed by atoms with van der Waals surface area (Å²) in [6.45, 7) is 0. The number of hydrogen-bond acceptors (Lipinski definition) is 3. The van der Waals surface area contributed by atoms with Crippen LogP contribution >= 0.6 is 0 Å². The SMILES string of the molecule is NC(=O)c1cccc(NC(=O)c2cc(=O)[nH]c3ccccc23)c1. The van der Waals surface area contributed by atoms with Crippen molar-refractivity contribution in [1.82, 2.24) is 4.98 Å². The van der Waals surface area contributed by atoms with Gasteiger partial charge in [0.15, 0.2) is 0 Å². The number of anilines is 1. The molecule has 1 aromatic heterocycles. The van der Waals surface area contributed by atoms with Gasteiger partial charge in [0, 0.05) is 28.2 Å². The zero-order valence-corrected chi connectivity index (χ0v) is 12.0. The Hall–Kier alpha value is -3.41. The molecule has 0 atom stereocenters. The largest absolute Gasteiger partial charge is 0.366 e. The fourth-order valence-corrected chi connectivity index (χ4v) is 2.34. The van der Waals surface area contributed by atoms with Crippen molar-refractivity contribution >= 4 is 28.4 Å². The molecule has 0 saturated heterocycles. The van der Waals surface area contributed by atoms with E-state index in [-0.39, 0.29) is 11.1 Å². The van der Waals surface area contributed by atoms with Crippen LogP contribution in [0.2, 0.25) is 0 Å². The monoisotopic (exact) mass is 307 g/mol. The number of aromatic amines is 1. The number of aromatic nitrogens is 1. The fraction of sp³-hybridized carbons (Fsp3) is 0. The molecule has 4 N–H and O–H groups in total. The summed E-state index contributed by atoms with van der Waals surface area (Å²) in [4.78, 5) is 38.1. The molecule has 0 aliphatic rings. The molecule has 3 rings (SSSR count). The Morgan fingerprint density at radius 3 is 2.57 bits per heavy atom. The van der Waals surface area contributed by atoms with Crippen LogP contribution in [0.3, 0.4) is 0 Å². The van der Waals surface area contributed by atoms with Gasteiger partial charge in [0.25, 0.3) is 5.91 Å². The number of nitrogens with two attached hydrogens (primary N) is 1. The second kappa shape index (κ2) is 5.76. The van der Waals surface area contributed by atoms with E-state index in [1.165, 1.54) is 12.1 Å². The standard InChI is InChI=1S/C17H13N3O3/c18-16(22)10-4-3-5-11(8-10)19-17(23)13-9-15(21)20-14-7-2-1-6-12(13)14/h1-9H,(H2,18,22)(H,19,23)(H,20,21). The number of hydrogen-bond donors (Lipinski definition) is 3. The van der Waals surface area contributed by atoms with E-state index >= 15 is 0 Å². The molecule has 0 radical (unpaired) electrons.